The molecule has 3 heteroatoms. The Morgan fingerprint density at radius 3 is 3.00 bits per heavy atom. The molecule has 0 unspecified atom stereocenters. The molecule has 1 aromatic rings. The summed E-state index contributed by atoms with van der Waals surface area (Å²) in [5, 5.41) is 3.10. The fourth-order valence-corrected chi connectivity index (χ4v) is 0.236. The number of rotatable bonds is 1. The van der Waals surface area contributed by atoms with E-state index in [1.165, 1.54) is 0 Å². The second-order valence-electron chi connectivity index (χ2n) is 1.01. The number of hydrogen-bond acceptors (Lipinski definition) is 2. The average Bonchev–Trinajstić information content (AvgIpc) is 2.14. The van der Waals surface area contributed by atoms with E-state index in [1.54, 1.807) is 0 Å². The fraction of sp³-hybridized carbons (Fsp3) is 0.250. The summed E-state index contributed by atoms with van der Waals surface area (Å²) in [6.07, 6.45) is 4.41. The van der Waals surface area contributed by atoms with Crippen LogP contribution in [0.3, 0.4) is 0 Å². The molecule has 0 N–H and O–H groups in total. The van der Waals surface area contributed by atoms with Crippen molar-refractivity contribution in [2.45, 2.75) is 6.67 Å². The quantitative estimate of drug-likeness (QED) is 0.519. The lowest BCUT2D eigenvalue weighted by Gasteiger charge is -1.69. The van der Waals surface area contributed by atoms with Crippen LogP contribution < -0.4 is 0 Å². The molecule has 1 rings (SSSR count). The molecule has 36 valence electrons. The molecule has 0 saturated carbocycles. The third kappa shape index (κ3) is 0.765. The third-order valence-electron chi connectivity index (χ3n) is 0.529. The topological polar surface area (TPSA) is 26.0 Å². The molecule has 0 atom stereocenters. The normalized spacial score (nSPS) is 9.29. The molecule has 0 fully saturated rings. The van der Waals surface area contributed by atoms with Crippen LogP contribution in [0.1, 0.15) is 5.56 Å². The molecule has 0 bridgehead atoms. The van der Waals surface area contributed by atoms with Crippen LogP contribution in [-0.2, 0) is 6.67 Å². The number of hydrogen-bond donors (Lipinski definition) is 0. The standard InChI is InChI=1S/C4H2FNO/c5-1-4-2-6-7-3-4/h1H2. The zero-order chi connectivity index (χ0) is 5.11. The first-order valence-electron chi connectivity index (χ1n) is 1.73. The first-order valence-corrected chi connectivity index (χ1v) is 1.73. The van der Waals surface area contributed by atoms with E-state index >= 15 is 0 Å². The van der Waals surface area contributed by atoms with Gasteiger partial charge in [-0.25, -0.2) is 4.39 Å². The minimum Gasteiger partial charge on any atom is -0.352 e. The van der Waals surface area contributed by atoms with Crippen LogP contribution in [0.2, 0.25) is 0 Å². The number of halogens is 1. The minimum absolute atomic E-state index is 0.236. The second kappa shape index (κ2) is 1.73. The summed E-state index contributed by atoms with van der Waals surface area (Å²) in [7, 11) is 0. The minimum atomic E-state index is -0.608. The Morgan fingerprint density at radius 2 is 2.71 bits per heavy atom. The zero-order valence-corrected chi connectivity index (χ0v) is 3.44. The summed E-state index contributed by atoms with van der Waals surface area (Å²) < 4.78 is 15.5. The van der Waals surface area contributed by atoms with E-state index in [4.69, 9.17) is 0 Å². The van der Waals surface area contributed by atoms with Gasteiger partial charge in [0.25, 0.3) is 0 Å². The Kier molecular flexibility index (Phi) is 1.06. The van der Waals surface area contributed by atoms with Crippen molar-refractivity contribution in [1.82, 2.24) is 5.16 Å². The van der Waals surface area contributed by atoms with Gasteiger partial charge in [-0.1, -0.05) is 5.16 Å². The summed E-state index contributed by atoms with van der Waals surface area (Å²) in [5.41, 5.74) is 0.236. The lowest BCUT2D eigenvalue weighted by molar-refractivity contribution is 0.407. The van der Waals surface area contributed by atoms with Gasteiger partial charge < -0.3 is 4.52 Å². The largest absolute Gasteiger partial charge is 0.352 e. The second-order valence-corrected chi connectivity index (χ2v) is 1.01. The first kappa shape index (κ1) is 4.30. The molecular formula is C4H2FNO. The van der Waals surface area contributed by atoms with E-state index < -0.39 is 6.67 Å². The van der Waals surface area contributed by atoms with Crippen LogP contribution in [0, 0.1) is 12.5 Å². The Hall–Kier alpha value is -0.860. The van der Waals surface area contributed by atoms with Gasteiger partial charge in [0.15, 0.2) is 0 Å². The smallest absolute Gasteiger partial charge is 0.211 e. The van der Waals surface area contributed by atoms with E-state index in [1.807, 2.05) is 0 Å². The van der Waals surface area contributed by atoms with Gasteiger partial charge in [0.1, 0.15) is 12.9 Å². The first-order chi connectivity index (χ1) is 3.43. The molecule has 0 aliphatic heterocycles. The van der Waals surface area contributed by atoms with E-state index in [0.717, 1.165) is 0 Å². The van der Waals surface area contributed by atoms with Crippen LogP contribution in [0.4, 0.5) is 4.39 Å². The van der Waals surface area contributed by atoms with Crippen LogP contribution in [0.25, 0.3) is 0 Å². The van der Waals surface area contributed by atoms with Crippen molar-refractivity contribution >= 4 is 0 Å². The number of aromatic nitrogens is 1. The zero-order valence-electron chi connectivity index (χ0n) is 3.44. The lowest BCUT2D eigenvalue weighted by atomic mass is 10.4. The molecule has 1 heterocycles. The molecule has 0 saturated heterocycles. The summed E-state index contributed by atoms with van der Waals surface area (Å²) >= 11 is 0. The maximum atomic E-state index is 11.4. The van der Waals surface area contributed by atoms with Crippen molar-refractivity contribution in [3.8, 4) is 0 Å². The van der Waals surface area contributed by atoms with E-state index in [9.17, 15) is 4.39 Å². The molecule has 2 nitrogen and oxygen atoms in total. The van der Waals surface area contributed by atoms with Crippen LogP contribution in [0.15, 0.2) is 4.52 Å². The third-order valence-corrected chi connectivity index (χ3v) is 0.529. The fourth-order valence-electron chi connectivity index (χ4n) is 0.236. The predicted molar refractivity (Wildman–Crippen MR) is 19.0 cm³/mol. The molecule has 7 heavy (non-hydrogen) atoms. The summed E-state index contributed by atoms with van der Waals surface area (Å²) in [6.45, 7) is -0.608. The monoisotopic (exact) mass is 99.0 g/mol. The molecule has 0 amide bonds. The van der Waals surface area contributed by atoms with E-state index in [-0.39, 0.29) is 5.56 Å². The number of nitrogens with zero attached hydrogens (tertiary/aromatic N) is 1. The van der Waals surface area contributed by atoms with Gasteiger partial charge in [0.05, 0.1) is 5.56 Å². The highest BCUT2D eigenvalue weighted by atomic mass is 19.1. The van der Waals surface area contributed by atoms with E-state index in [2.05, 4.69) is 22.1 Å². The molecule has 0 aliphatic carbocycles. The Balaban J connectivity index is 2.76. The molecule has 0 aliphatic rings. The SMILES string of the molecule is FCc1[c]no[c]1. The molecule has 1 aromatic heterocycles. The molecule has 0 spiro atoms. The van der Waals surface area contributed by atoms with E-state index in [0.29, 0.717) is 0 Å². The maximum absolute atomic E-state index is 11.4. The Bertz CT molecular complexity index is 126. The lowest BCUT2D eigenvalue weighted by Crippen LogP contribution is -1.66. The van der Waals surface area contributed by atoms with Crippen molar-refractivity contribution in [2.75, 3.05) is 0 Å². The molecule has 0 aromatic carbocycles. The van der Waals surface area contributed by atoms with Crippen molar-refractivity contribution < 1.29 is 8.91 Å². The highest BCUT2D eigenvalue weighted by Crippen LogP contribution is 1.93. The van der Waals surface area contributed by atoms with Crippen LogP contribution >= 0.6 is 0 Å². The summed E-state index contributed by atoms with van der Waals surface area (Å²) in [4.78, 5) is 0. The van der Waals surface area contributed by atoms with Gasteiger partial charge in [-0.2, -0.15) is 0 Å². The Morgan fingerprint density at radius 1 is 1.86 bits per heavy atom. The highest BCUT2D eigenvalue weighted by molar-refractivity contribution is 4.92. The van der Waals surface area contributed by atoms with Gasteiger partial charge in [0.2, 0.25) is 6.26 Å². The van der Waals surface area contributed by atoms with Gasteiger partial charge in [-0.05, 0) is 0 Å². The van der Waals surface area contributed by atoms with Crippen LogP contribution in [-0.4, -0.2) is 5.16 Å². The molecule has 2 radical (unpaired) electrons. The summed E-state index contributed by atoms with van der Waals surface area (Å²) in [6, 6.07) is 0. The summed E-state index contributed by atoms with van der Waals surface area (Å²) in [5.74, 6) is 0. The van der Waals surface area contributed by atoms with Crippen molar-refractivity contribution in [2.24, 2.45) is 0 Å². The predicted octanol–water partition coefficient (Wildman–Crippen LogP) is 0.744. The van der Waals surface area contributed by atoms with Crippen molar-refractivity contribution in [1.29, 1.82) is 0 Å². The number of alkyl halides is 1. The van der Waals surface area contributed by atoms with Crippen molar-refractivity contribution in [3.63, 3.8) is 0 Å². The van der Waals surface area contributed by atoms with Gasteiger partial charge in [-0.3, -0.25) is 0 Å². The average molecular weight is 99.1 g/mol. The molecular weight excluding hydrogens is 97.0 g/mol. The van der Waals surface area contributed by atoms with Crippen LogP contribution in [0.5, 0.6) is 0 Å². The maximum Gasteiger partial charge on any atom is 0.211 e. The van der Waals surface area contributed by atoms with Gasteiger partial charge in [0, 0.05) is 0 Å². The van der Waals surface area contributed by atoms with Crippen molar-refractivity contribution in [3.05, 3.63) is 18.0 Å². The van der Waals surface area contributed by atoms with Gasteiger partial charge in [-0.15, -0.1) is 0 Å². The highest BCUT2D eigenvalue weighted by Gasteiger charge is 1.91. The Labute approximate surface area is 39.9 Å². The van der Waals surface area contributed by atoms with Gasteiger partial charge >= 0.3 is 0 Å².